The lowest BCUT2D eigenvalue weighted by Gasteiger charge is -2.18. The molecule has 366 valence electrons. The van der Waals surface area contributed by atoms with Crippen molar-refractivity contribution in [2.75, 3.05) is 13.2 Å². The number of unbranched alkanes of at least 4 members (excludes halogenated alkanes) is 22. The Morgan fingerprint density at radius 3 is 1.00 bits per heavy atom. The summed E-state index contributed by atoms with van der Waals surface area (Å²) in [6, 6.07) is 0. The van der Waals surface area contributed by atoms with Gasteiger partial charge in [0.05, 0.1) is 0 Å². The van der Waals surface area contributed by atoms with Gasteiger partial charge in [0.1, 0.15) is 13.2 Å². The van der Waals surface area contributed by atoms with Crippen LogP contribution in [0.15, 0.2) is 85.1 Å². The van der Waals surface area contributed by atoms with Crippen molar-refractivity contribution < 1.29 is 28.6 Å². The van der Waals surface area contributed by atoms with E-state index in [1.54, 1.807) is 0 Å². The molecule has 6 heteroatoms. The Hall–Kier alpha value is -3.41. The molecule has 0 aliphatic rings. The van der Waals surface area contributed by atoms with Crippen LogP contribution in [0.4, 0.5) is 0 Å². The first-order chi connectivity index (χ1) is 31.5. The quantitative estimate of drug-likeness (QED) is 0.0262. The van der Waals surface area contributed by atoms with E-state index >= 15 is 0 Å². The minimum Gasteiger partial charge on any atom is -0.462 e. The molecule has 0 radical (unpaired) electrons. The van der Waals surface area contributed by atoms with Gasteiger partial charge in [0.2, 0.25) is 0 Å². The van der Waals surface area contributed by atoms with Crippen LogP contribution < -0.4 is 0 Å². The van der Waals surface area contributed by atoms with E-state index in [9.17, 15) is 14.4 Å². The Bertz CT molecular complexity index is 1250. The van der Waals surface area contributed by atoms with Gasteiger partial charge in [0.25, 0.3) is 0 Å². The maximum atomic E-state index is 12.8. The molecule has 0 aliphatic heterocycles. The van der Waals surface area contributed by atoms with E-state index in [4.69, 9.17) is 14.2 Å². The van der Waals surface area contributed by atoms with Crippen molar-refractivity contribution in [1.29, 1.82) is 0 Å². The predicted molar refractivity (Wildman–Crippen MR) is 274 cm³/mol. The van der Waals surface area contributed by atoms with Crippen LogP contribution in [-0.4, -0.2) is 37.2 Å². The first kappa shape index (κ1) is 60.6. The average Bonchev–Trinajstić information content (AvgIpc) is 3.29. The van der Waals surface area contributed by atoms with Crippen molar-refractivity contribution in [3.63, 3.8) is 0 Å². The summed E-state index contributed by atoms with van der Waals surface area (Å²) >= 11 is 0. The molecule has 0 bridgehead atoms. The number of allylic oxidation sites excluding steroid dienone is 14. The molecule has 64 heavy (non-hydrogen) atoms. The van der Waals surface area contributed by atoms with Gasteiger partial charge in [-0.3, -0.25) is 14.4 Å². The van der Waals surface area contributed by atoms with Crippen molar-refractivity contribution >= 4 is 17.9 Å². The van der Waals surface area contributed by atoms with Gasteiger partial charge in [-0.1, -0.05) is 215 Å². The molecule has 0 saturated heterocycles. The molecule has 0 amide bonds. The Morgan fingerprint density at radius 2 is 0.609 bits per heavy atom. The highest BCUT2D eigenvalue weighted by molar-refractivity contribution is 5.71. The Morgan fingerprint density at radius 1 is 0.328 bits per heavy atom. The molecule has 0 aliphatic carbocycles. The normalized spacial score (nSPS) is 12.7. The molecule has 0 N–H and O–H groups in total. The zero-order valence-corrected chi connectivity index (χ0v) is 41.8. The molecule has 0 aromatic carbocycles. The minimum atomic E-state index is -0.796. The lowest BCUT2D eigenvalue weighted by Crippen LogP contribution is -2.30. The average molecular weight is 891 g/mol. The second kappa shape index (κ2) is 52.2. The SMILES string of the molecule is CC/C=C\C/C=C\C/C=C\C/C=C\C/C=C\C/C=C\CCCCC(=O)OCC(COC(=O)CCCCCCCCCCC)OC(=O)CCCCCCC/C=C\CCCCCCCCC. The molecule has 6 nitrogen and oxygen atoms in total. The molecular weight excluding hydrogens is 793 g/mol. The van der Waals surface area contributed by atoms with E-state index in [0.29, 0.717) is 19.3 Å². The topological polar surface area (TPSA) is 78.9 Å². The largest absolute Gasteiger partial charge is 0.462 e. The molecule has 1 unspecified atom stereocenters. The molecule has 0 saturated carbocycles. The van der Waals surface area contributed by atoms with Crippen LogP contribution in [0.5, 0.6) is 0 Å². The first-order valence-corrected chi connectivity index (χ1v) is 26.6. The van der Waals surface area contributed by atoms with Gasteiger partial charge in [0, 0.05) is 19.3 Å². The second-order valence-electron chi connectivity index (χ2n) is 17.4. The summed E-state index contributed by atoms with van der Waals surface area (Å²) in [7, 11) is 0. The highest BCUT2D eigenvalue weighted by Crippen LogP contribution is 2.14. The van der Waals surface area contributed by atoms with Gasteiger partial charge in [-0.15, -0.1) is 0 Å². The van der Waals surface area contributed by atoms with Crippen LogP contribution in [-0.2, 0) is 28.6 Å². The zero-order chi connectivity index (χ0) is 46.5. The van der Waals surface area contributed by atoms with E-state index in [0.717, 1.165) is 109 Å². The van der Waals surface area contributed by atoms with E-state index in [1.807, 2.05) is 0 Å². The number of carbonyl (C=O) groups excluding carboxylic acids is 3. The Balaban J connectivity index is 4.41. The van der Waals surface area contributed by atoms with Crippen LogP contribution in [0.25, 0.3) is 0 Å². The number of carbonyl (C=O) groups is 3. The van der Waals surface area contributed by atoms with E-state index in [2.05, 4.69) is 106 Å². The fraction of sp³-hybridized carbons (Fsp3) is 0.707. The van der Waals surface area contributed by atoms with Crippen molar-refractivity contribution in [3.8, 4) is 0 Å². The minimum absolute atomic E-state index is 0.0928. The number of hydrogen-bond donors (Lipinski definition) is 0. The number of ether oxygens (including phenoxy) is 3. The van der Waals surface area contributed by atoms with Gasteiger partial charge in [-0.05, 0) is 96.3 Å². The highest BCUT2D eigenvalue weighted by Gasteiger charge is 2.19. The number of hydrogen-bond acceptors (Lipinski definition) is 6. The number of esters is 3. The maximum Gasteiger partial charge on any atom is 0.306 e. The summed E-state index contributed by atoms with van der Waals surface area (Å²) in [4.78, 5) is 37.9. The first-order valence-electron chi connectivity index (χ1n) is 26.6. The van der Waals surface area contributed by atoms with Crippen molar-refractivity contribution in [2.45, 2.75) is 252 Å². The standard InChI is InChI=1S/C58H98O6/c1-4-7-10-13-16-19-21-23-25-27-28-29-30-31-33-34-36-39-42-45-48-51-57(60)63-54-55(53-62-56(59)50-47-44-41-38-18-15-12-9-6-3)64-58(61)52-49-46-43-40-37-35-32-26-24-22-20-17-14-11-8-5-2/h7,10,16,19,23,25-26,28-29,31-33,36,39,55H,4-6,8-9,11-15,17-18,20-22,24,27,30,34-35,37-38,40-54H2,1-3H3/b10-7-,19-16-,25-23-,29-28-,32-26-,33-31-,39-36-. The third kappa shape index (κ3) is 49.6. The maximum absolute atomic E-state index is 12.8. The second-order valence-corrected chi connectivity index (χ2v) is 17.4. The zero-order valence-electron chi connectivity index (χ0n) is 41.8. The lowest BCUT2D eigenvalue weighted by molar-refractivity contribution is -0.167. The fourth-order valence-corrected chi connectivity index (χ4v) is 7.15. The third-order valence-corrected chi connectivity index (χ3v) is 11.1. The van der Waals surface area contributed by atoms with E-state index in [1.165, 1.54) is 96.3 Å². The van der Waals surface area contributed by atoms with Gasteiger partial charge in [-0.25, -0.2) is 0 Å². The van der Waals surface area contributed by atoms with Crippen molar-refractivity contribution in [2.24, 2.45) is 0 Å². The van der Waals surface area contributed by atoms with Crippen LogP contribution in [0.1, 0.15) is 245 Å². The van der Waals surface area contributed by atoms with Crippen molar-refractivity contribution in [1.82, 2.24) is 0 Å². The van der Waals surface area contributed by atoms with Gasteiger partial charge in [0.15, 0.2) is 6.10 Å². The van der Waals surface area contributed by atoms with Gasteiger partial charge >= 0.3 is 17.9 Å². The molecule has 0 heterocycles. The van der Waals surface area contributed by atoms with Crippen molar-refractivity contribution in [3.05, 3.63) is 85.1 Å². The predicted octanol–water partition coefficient (Wildman–Crippen LogP) is 17.6. The van der Waals surface area contributed by atoms with Gasteiger partial charge in [-0.2, -0.15) is 0 Å². The summed E-state index contributed by atoms with van der Waals surface area (Å²) in [6.07, 6.45) is 67.2. The van der Waals surface area contributed by atoms with E-state index < -0.39 is 6.10 Å². The molecule has 0 aromatic heterocycles. The molecule has 0 fully saturated rings. The molecular formula is C58H98O6. The molecule has 1 atom stereocenters. The molecule has 0 rings (SSSR count). The van der Waals surface area contributed by atoms with Crippen LogP contribution in [0.2, 0.25) is 0 Å². The summed E-state index contributed by atoms with van der Waals surface area (Å²) in [5, 5.41) is 0. The monoisotopic (exact) mass is 891 g/mol. The van der Waals surface area contributed by atoms with Gasteiger partial charge < -0.3 is 14.2 Å². The highest BCUT2D eigenvalue weighted by atomic mass is 16.6. The Labute approximate surface area is 395 Å². The third-order valence-electron chi connectivity index (χ3n) is 11.1. The fourth-order valence-electron chi connectivity index (χ4n) is 7.15. The molecule has 0 spiro atoms. The molecule has 0 aromatic rings. The summed E-state index contributed by atoms with van der Waals surface area (Å²) in [6.45, 7) is 6.46. The van der Waals surface area contributed by atoms with E-state index in [-0.39, 0.29) is 31.1 Å². The summed E-state index contributed by atoms with van der Waals surface area (Å²) < 4.78 is 16.7. The van der Waals surface area contributed by atoms with Crippen LogP contribution >= 0.6 is 0 Å². The summed E-state index contributed by atoms with van der Waals surface area (Å²) in [5.41, 5.74) is 0. The smallest absolute Gasteiger partial charge is 0.306 e. The lowest BCUT2D eigenvalue weighted by atomic mass is 10.1. The Kier molecular flexibility index (Phi) is 49.4. The van der Waals surface area contributed by atoms with Crippen LogP contribution in [0.3, 0.4) is 0 Å². The summed E-state index contributed by atoms with van der Waals surface area (Å²) in [5.74, 6) is -0.949. The van der Waals surface area contributed by atoms with Crippen LogP contribution in [0, 0.1) is 0 Å². The number of rotatable bonds is 47.